The summed E-state index contributed by atoms with van der Waals surface area (Å²) in [4.78, 5) is 20.2. The number of carbonyl (C=O) groups excluding carboxylic acids is 1. The lowest BCUT2D eigenvalue weighted by Crippen LogP contribution is -2.38. The van der Waals surface area contributed by atoms with Crippen LogP contribution in [-0.4, -0.2) is 33.5 Å². The lowest BCUT2D eigenvalue weighted by Gasteiger charge is -2.23. The molecule has 1 aromatic carbocycles. The van der Waals surface area contributed by atoms with Gasteiger partial charge in [-0.25, -0.2) is 9.97 Å². The summed E-state index contributed by atoms with van der Waals surface area (Å²) in [6, 6.07) is 9.54. The molecule has 0 saturated heterocycles. The SMILES string of the molecule is O=C(c1cc(Cl)ncn1)N(Cc1ccccc1)CC(F)(F)F. The number of nitrogens with zero attached hydrogens (tertiary/aromatic N) is 3. The Morgan fingerprint density at radius 2 is 1.86 bits per heavy atom. The fourth-order valence-corrected chi connectivity index (χ4v) is 1.98. The maximum atomic E-state index is 12.7. The molecule has 2 aromatic rings. The van der Waals surface area contributed by atoms with Gasteiger partial charge in [-0.05, 0) is 5.56 Å². The summed E-state index contributed by atoms with van der Waals surface area (Å²) in [7, 11) is 0. The number of hydrogen-bond donors (Lipinski definition) is 0. The monoisotopic (exact) mass is 329 g/mol. The zero-order valence-electron chi connectivity index (χ0n) is 11.2. The second-order valence-electron chi connectivity index (χ2n) is 4.49. The third kappa shape index (κ3) is 4.70. The van der Waals surface area contributed by atoms with Crippen LogP contribution in [0.5, 0.6) is 0 Å². The lowest BCUT2D eigenvalue weighted by molar-refractivity contribution is -0.141. The van der Waals surface area contributed by atoms with Crippen LogP contribution in [0, 0.1) is 0 Å². The molecule has 0 aliphatic rings. The first kappa shape index (κ1) is 16.2. The van der Waals surface area contributed by atoms with Gasteiger partial charge in [0.05, 0.1) is 0 Å². The highest BCUT2D eigenvalue weighted by Crippen LogP contribution is 2.20. The molecule has 0 bridgehead atoms. The molecule has 4 nitrogen and oxygen atoms in total. The molecule has 2 rings (SSSR count). The molecular formula is C14H11ClF3N3O. The fourth-order valence-electron chi connectivity index (χ4n) is 1.83. The maximum Gasteiger partial charge on any atom is 0.406 e. The Kier molecular flexibility index (Phi) is 4.97. The number of carbonyl (C=O) groups is 1. The van der Waals surface area contributed by atoms with Crippen LogP contribution >= 0.6 is 11.6 Å². The van der Waals surface area contributed by atoms with Gasteiger partial charge in [0.25, 0.3) is 5.91 Å². The average Bonchev–Trinajstić information content (AvgIpc) is 2.45. The van der Waals surface area contributed by atoms with Crippen molar-refractivity contribution < 1.29 is 18.0 Å². The van der Waals surface area contributed by atoms with Gasteiger partial charge < -0.3 is 4.90 Å². The predicted molar refractivity (Wildman–Crippen MR) is 74.3 cm³/mol. The van der Waals surface area contributed by atoms with Gasteiger partial charge in [0, 0.05) is 12.6 Å². The molecule has 0 spiro atoms. The zero-order valence-corrected chi connectivity index (χ0v) is 12.0. The van der Waals surface area contributed by atoms with E-state index in [0.29, 0.717) is 10.5 Å². The summed E-state index contributed by atoms with van der Waals surface area (Å²) < 4.78 is 38.1. The Balaban J connectivity index is 2.25. The topological polar surface area (TPSA) is 46.1 Å². The molecule has 0 N–H and O–H groups in total. The van der Waals surface area contributed by atoms with E-state index in [2.05, 4.69) is 9.97 Å². The summed E-state index contributed by atoms with van der Waals surface area (Å²) in [5.74, 6) is -0.856. The molecule has 1 heterocycles. The number of halogens is 4. The second-order valence-corrected chi connectivity index (χ2v) is 4.88. The van der Waals surface area contributed by atoms with E-state index in [-0.39, 0.29) is 17.4 Å². The van der Waals surface area contributed by atoms with E-state index in [1.165, 1.54) is 0 Å². The van der Waals surface area contributed by atoms with Gasteiger partial charge in [0.1, 0.15) is 23.7 Å². The van der Waals surface area contributed by atoms with Crippen LogP contribution in [0.4, 0.5) is 13.2 Å². The normalized spacial score (nSPS) is 11.3. The number of rotatable bonds is 4. The van der Waals surface area contributed by atoms with Gasteiger partial charge in [0.2, 0.25) is 0 Å². The molecule has 0 aliphatic heterocycles. The van der Waals surface area contributed by atoms with E-state index in [9.17, 15) is 18.0 Å². The molecule has 22 heavy (non-hydrogen) atoms. The first-order valence-corrected chi connectivity index (χ1v) is 6.60. The van der Waals surface area contributed by atoms with E-state index < -0.39 is 18.6 Å². The van der Waals surface area contributed by atoms with Gasteiger partial charge in [-0.1, -0.05) is 41.9 Å². The fraction of sp³-hybridized carbons (Fsp3) is 0.214. The number of amides is 1. The zero-order chi connectivity index (χ0) is 16.2. The smallest absolute Gasteiger partial charge is 0.324 e. The largest absolute Gasteiger partial charge is 0.406 e. The van der Waals surface area contributed by atoms with Gasteiger partial charge in [0.15, 0.2) is 0 Å². The van der Waals surface area contributed by atoms with Crippen LogP contribution in [0.15, 0.2) is 42.7 Å². The molecule has 0 aliphatic carbocycles. The summed E-state index contributed by atoms with van der Waals surface area (Å²) in [6.07, 6.45) is -3.48. The minimum absolute atomic E-state index is 0.00924. The average molecular weight is 330 g/mol. The predicted octanol–water partition coefficient (Wildman–Crippen LogP) is 3.33. The van der Waals surface area contributed by atoms with Crippen molar-refractivity contribution in [2.75, 3.05) is 6.54 Å². The van der Waals surface area contributed by atoms with E-state index in [0.717, 1.165) is 12.4 Å². The Bertz CT molecular complexity index is 649. The minimum atomic E-state index is -4.51. The van der Waals surface area contributed by atoms with Crippen molar-refractivity contribution in [3.8, 4) is 0 Å². The van der Waals surface area contributed by atoms with Gasteiger partial charge in [-0.15, -0.1) is 0 Å². The highest BCUT2D eigenvalue weighted by atomic mass is 35.5. The van der Waals surface area contributed by atoms with Crippen LogP contribution in [0.3, 0.4) is 0 Å². The van der Waals surface area contributed by atoms with Crippen molar-refractivity contribution in [1.82, 2.24) is 14.9 Å². The molecule has 0 radical (unpaired) electrons. The highest BCUT2D eigenvalue weighted by Gasteiger charge is 2.33. The van der Waals surface area contributed by atoms with Crippen molar-refractivity contribution in [2.45, 2.75) is 12.7 Å². The molecule has 0 fully saturated rings. The highest BCUT2D eigenvalue weighted by molar-refractivity contribution is 6.29. The third-order valence-electron chi connectivity index (χ3n) is 2.73. The van der Waals surface area contributed by atoms with Gasteiger partial charge in [-0.2, -0.15) is 13.2 Å². The molecule has 0 saturated carbocycles. The molecule has 1 amide bonds. The number of alkyl halides is 3. The number of hydrogen-bond acceptors (Lipinski definition) is 3. The molecule has 0 unspecified atom stereocenters. The molecule has 116 valence electrons. The number of aromatic nitrogens is 2. The van der Waals surface area contributed by atoms with Crippen LogP contribution in [-0.2, 0) is 6.54 Å². The molecule has 0 atom stereocenters. The van der Waals surface area contributed by atoms with Crippen molar-refractivity contribution >= 4 is 17.5 Å². The summed E-state index contributed by atoms with van der Waals surface area (Å²) >= 11 is 5.64. The van der Waals surface area contributed by atoms with Crippen molar-refractivity contribution in [3.63, 3.8) is 0 Å². The van der Waals surface area contributed by atoms with E-state index in [4.69, 9.17) is 11.6 Å². The molecular weight excluding hydrogens is 319 g/mol. The van der Waals surface area contributed by atoms with Crippen molar-refractivity contribution in [1.29, 1.82) is 0 Å². The summed E-state index contributed by atoms with van der Waals surface area (Å²) in [6.45, 7) is -1.55. The molecule has 8 heteroatoms. The van der Waals surface area contributed by atoms with Crippen LogP contribution < -0.4 is 0 Å². The quantitative estimate of drug-likeness (QED) is 0.808. The van der Waals surface area contributed by atoms with Crippen molar-refractivity contribution in [3.05, 3.63) is 59.1 Å². The first-order valence-electron chi connectivity index (χ1n) is 6.22. The minimum Gasteiger partial charge on any atom is -0.324 e. The second kappa shape index (κ2) is 6.74. The standard InChI is InChI=1S/C14H11ClF3N3O/c15-12-6-11(19-9-20-12)13(22)21(8-14(16,17)18)7-10-4-2-1-3-5-10/h1-6,9H,7-8H2. The Morgan fingerprint density at radius 3 is 2.45 bits per heavy atom. The van der Waals surface area contributed by atoms with Gasteiger partial charge >= 0.3 is 6.18 Å². The van der Waals surface area contributed by atoms with Crippen LogP contribution in [0.2, 0.25) is 5.15 Å². The Morgan fingerprint density at radius 1 is 1.18 bits per heavy atom. The maximum absolute atomic E-state index is 12.7. The van der Waals surface area contributed by atoms with E-state index in [1.807, 2.05) is 0 Å². The molecule has 1 aromatic heterocycles. The lowest BCUT2D eigenvalue weighted by atomic mass is 10.2. The Hall–Kier alpha value is -2.15. The summed E-state index contributed by atoms with van der Waals surface area (Å²) in [5.41, 5.74) is 0.403. The van der Waals surface area contributed by atoms with Crippen LogP contribution in [0.25, 0.3) is 0 Å². The third-order valence-corrected chi connectivity index (χ3v) is 2.93. The van der Waals surface area contributed by atoms with Crippen molar-refractivity contribution in [2.24, 2.45) is 0 Å². The van der Waals surface area contributed by atoms with Gasteiger partial charge in [-0.3, -0.25) is 4.79 Å². The number of benzene rings is 1. The van der Waals surface area contributed by atoms with E-state index >= 15 is 0 Å². The Labute approximate surface area is 129 Å². The van der Waals surface area contributed by atoms with E-state index in [1.54, 1.807) is 30.3 Å². The van der Waals surface area contributed by atoms with Crippen LogP contribution in [0.1, 0.15) is 16.1 Å². The summed E-state index contributed by atoms with van der Waals surface area (Å²) in [5, 5.41) is -0.00924. The first-order chi connectivity index (χ1) is 10.3.